The van der Waals surface area contributed by atoms with Crippen molar-refractivity contribution in [1.29, 1.82) is 0 Å². The molecule has 0 N–H and O–H groups in total. The molecule has 2 fully saturated rings. The second-order valence-corrected chi connectivity index (χ2v) is 10.2. The summed E-state index contributed by atoms with van der Waals surface area (Å²) in [6.45, 7) is 14.1. The van der Waals surface area contributed by atoms with Crippen molar-refractivity contribution in [1.82, 2.24) is 0 Å². The van der Waals surface area contributed by atoms with Crippen molar-refractivity contribution < 1.29 is 0 Å². The highest BCUT2D eigenvalue weighted by Gasteiger charge is 2.55. The smallest absolute Gasteiger partial charge is 0.0653 e. The second kappa shape index (κ2) is 5.30. The number of rotatable bonds is 3. The standard InChI is InChI=1S/C17H24Si/c1-7-18(6,16-10-8-9-11-16)17-14(4)12(2)13(3)15(17)5/h8-11H,7H2,1-6H3. The molecule has 0 aromatic carbocycles. The van der Waals surface area contributed by atoms with E-state index in [4.69, 9.17) is 0 Å². The Balaban J connectivity index is 2.26. The van der Waals surface area contributed by atoms with Crippen LogP contribution in [0.2, 0.25) is 12.6 Å². The third-order valence-electron chi connectivity index (χ3n) is 5.00. The molecule has 1 atom stereocenters. The predicted octanol–water partition coefficient (Wildman–Crippen LogP) is 4.53. The molecule has 0 bridgehead atoms. The molecular formula is C17H24Si. The Bertz CT molecular complexity index is 267. The van der Waals surface area contributed by atoms with E-state index in [0.717, 1.165) is 0 Å². The fraction of sp³-hybridized carbons (Fsp3) is 0.412. The van der Waals surface area contributed by atoms with Gasteiger partial charge in [-0.2, -0.15) is 0 Å². The molecule has 0 saturated heterocycles. The van der Waals surface area contributed by atoms with Gasteiger partial charge in [0.05, 0.1) is 8.07 Å². The van der Waals surface area contributed by atoms with Crippen LogP contribution in [-0.4, -0.2) is 8.07 Å². The van der Waals surface area contributed by atoms with Gasteiger partial charge in [0.15, 0.2) is 0 Å². The molecule has 0 amide bonds. The van der Waals surface area contributed by atoms with Gasteiger partial charge in [-0.15, -0.1) is 0 Å². The summed E-state index contributed by atoms with van der Waals surface area (Å²) >= 11 is 0. The Morgan fingerprint density at radius 2 is 1.28 bits per heavy atom. The lowest BCUT2D eigenvalue weighted by Gasteiger charge is -2.42. The molecule has 96 valence electrons. The van der Waals surface area contributed by atoms with Crippen molar-refractivity contribution in [3.8, 4) is 0 Å². The minimum atomic E-state index is -1.52. The van der Waals surface area contributed by atoms with Crippen LogP contribution in [0.1, 0.15) is 34.6 Å². The van der Waals surface area contributed by atoms with Crippen molar-refractivity contribution in [3.05, 3.63) is 60.4 Å². The van der Waals surface area contributed by atoms with Crippen LogP contribution in [0.15, 0.2) is 0 Å². The topological polar surface area (TPSA) is 0 Å². The van der Waals surface area contributed by atoms with Crippen LogP contribution in [0, 0.1) is 60.4 Å². The normalized spacial score (nSPS) is 30.3. The summed E-state index contributed by atoms with van der Waals surface area (Å²) in [5.41, 5.74) is 3.27. The Morgan fingerprint density at radius 1 is 0.833 bits per heavy atom. The van der Waals surface area contributed by atoms with Crippen LogP contribution in [0.25, 0.3) is 0 Å². The summed E-state index contributed by atoms with van der Waals surface area (Å²) in [4.78, 5) is 0. The highest BCUT2D eigenvalue weighted by molar-refractivity contribution is 6.91. The van der Waals surface area contributed by atoms with Gasteiger partial charge >= 0.3 is 0 Å². The van der Waals surface area contributed by atoms with Crippen molar-refractivity contribution in [2.24, 2.45) is 0 Å². The van der Waals surface area contributed by atoms with E-state index in [-0.39, 0.29) is 0 Å². The zero-order chi connectivity index (χ0) is 13.5. The maximum absolute atomic E-state index is 2.52. The molecule has 1 heteroatoms. The lowest BCUT2D eigenvalue weighted by atomic mass is 9.92. The third kappa shape index (κ3) is 2.11. The lowest BCUT2D eigenvalue weighted by molar-refractivity contribution is 0.973. The third-order valence-corrected chi connectivity index (χ3v) is 9.87. The summed E-state index contributed by atoms with van der Waals surface area (Å²) in [5, 5.41) is 0. The zero-order valence-corrected chi connectivity index (χ0v) is 13.5. The van der Waals surface area contributed by atoms with Crippen LogP contribution in [0.5, 0.6) is 0 Å². The fourth-order valence-electron chi connectivity index (χ4n) is 3.31. The summed E-state index contributed by atoms with van der Waals surface area (Å²) in [6, 6.07) is 1.28. The first-order valence-electron chi connectivity index (χ1n) is 6.89. The lowest BCUT2D eigenvalue weighted by Crippen LogP contribution is -2.47. The quantitative estimate of drug-likeness (QED) is 0.651. The average molecular weight is 256 g/mol. The first-order chi connectivity index (χ1) is 8.43. The van der Waals surface area contributed by atoms with Crippen LogP contribution >= 0.6 is 0 Å². The average Bonchev–Trinajstić information content (AvgIpc) is 2.95. The van der Waals surface area contributed by atoms with E-state index in [0.29, 0.717) is 0 Å². The highest BCUT2D eigenvalue weighted by atomic mass is 28.3. The molecule has 0 aliphatic heterocycles. The number of hydrogen-bond donors (Lipinski definition) is 0. The Morgan fingerprint density at radius 3 is 1.67 bits per heavy atom. The fourth-order valence-corrected chi connectivity index (χ4v) is 7.32. The Hall–Kier alpha value is 0.217. The van der Waals surface area contributed by atoms with Gasteiger partial charge in [-0.1, -0.05) is 47.2 Å². The molecule has 2 rings (SSSR count). The molecule has 0 heterocycles. The van der Waals surface area contributed by atoms with Gasteiger partial charge in [0.25, 0.3) is 0 Å². The second-order valence-electron chi connectivity index (χ2n) is 5.73. The van der Waals surface area contributed by atoms with Gasteiger partial charge in [-0.25, -0.2) is 0 Å². The van der Waals surface area contributed by atoms with Crippen molar-refractivity contribution in [2.45, 2.75) is 47.2 Å². The summed E-state index contributed by atoms with van der Waals surface area (Å²) < 4.78 is 0. The SMILES string of the molecule is CC[Si](C)([C]1[CH][CH][CH][CH]1)[C]1[C](C)[C](C)[C](C)[C]1C. The van der Waals surface area contributed by atoms with E-state index in [9.17, 15) is 0 Å². The molecule has 2 saturated carbocycles. The van der Waals surface area contributed by atoms with Gasteiger partial charge in [0.2, 0.25) is 0 Å². The first kappa shape index (κ1) is 14.6. The number of hydrogen-bond acceptors (Lipinski definition) is 0. The largest absolute Gasteiger partial charge is 0.0683 e. The van der Waals surface area contributed by atoms with Crippen molar-refractivity contribution in [3.63, 3.8) is 0 Å². The van der Waals surface area contributed by atoms with E-state index in [1.54, 1.807) is 22.9 Å². The summed E-state index contributed by atoms with van der Waals surface area (Å²) in [5.74, 6) is 6.09. The molecule has 2 aliphatic carbocycles. The molecule has 0 spiro atoms. The molecule has 1 unspecified atom stereocenters. The van der Waals surface area contributed by atoms with E-state index in [2.05, 4.69) is 66.8 Å². The van der Waals surface area contributed by atoms with Crippen LogP contribution in [0.4, 0.5) is 0 Å². The van der Waals surface area contributed by atoms with E-state index < -0.39 is 8.07 Å². The van der Waals surface area contributed by atoms with Gasteiger partial charge in [0.1, 0.15) is 0 Å². The molecule has 2 aliphatic rings. The Labute approximate surface area is 116 Å². The van der Waals surface area contributed by atoms with Gasteiger partial charge in [0, 0.05) is 0 Å². The van der Waals surface area contributed by atoms with Crippen LogP contribution in [0.3, 0.4) is 0 Å². The van der Waals surface area contributed by atoms with Gasteiger partial charge in [-0.05, 0) is 60.4 Å². The van der Waals surface area contributed by atoms with E-state index in [1.165, 1.54) is 17.9 Å². The minimum Gasteiger partial charge on any atom is -0.0683 e. The minimum absolute atomic E-state index is 1.28. The van der Waals surface area contributed by atoms with Crippen molar-refractivity contribution >= 4 is 8.07 Å². The molecular weight excluding hydrogens is 232 g/mol. The Kier molecular flexibility index (Phi) is 4.31. The summed E-state index contributed by atoms with van der Waals surface area (Å²) in [6.07, 6.45) is 9.02. The first-order valence-corrected chi connectivity index (χ1v) is 9.60. The molecule has 0 aromatic rings. The maximum Gasteiger partial charge on any atom is 0.0653 e. The van der Waals surface area contributed by atoms with E-state index in [1.807, 2.05) is 0 Å². The summed E-state index contributed by atoms with van der Waals surface area (Å²) in [7, 11) is -1.52. The molecule has 18 heavy (non-hydrogen) atoms. The van der Waals surface area contributed by atoms with Crippen LogP contribution < -0.4 is 0 Å². The van der Waals surface area contributed by atoms with Gasteiger partial charge in [-0.3, -0.25) is 0 Å². The van der Waals surface area contributed by atoms with Crippen LogP contribution in [-0.2, 0) is 0 Å². The molecule has 10 radical (unpaired) electrons. The molecule has 0 aromatic heterocycles. The van der Waals surface area contributed by atoms with Gasteiger partial charge < -0.3 is 0 Å². The predicted molar refractivity (Wildman–Crippen MR) is 81.5 cm³/mol. The monoisotopic (exact) mass is 256 g/mol. The maximum atomic E-state index is 2.52. The molecule has 0 nitrogen and oxygen atoms in total. The zero-order valence-electron chi connectivity index (χ0n) is 12.5. The highest BCUT2D eigenvalue weighted by Crippen LogP contribution is 2.59. The van der Waals surface area contributed by atoms with E-state index >= 15 is 0 Å². The van der Waals surface area contributed by atoms with Crippen molar-refractivity contribution in [2.75, 3.05) is 0 Å².